The van der Waals surface area contributed by atoms with Crippen LogP contribution in [0.1, 0.15) is 6.42 Å². The summed E-state index contributed by atoms with van der Waals surface area (Å²) in [6, 6.07) is 3.25. The minimum absolute atomic E-state index is 0.115. The second-order valence-electron chi connectivity index (χ2n) is 5.47. The molecule has 1 aromatic carbocycles. The van der Waals surface area contributed by atoms with Crippen molar-refractivity contribution in [3.8, 4) is 11.5 Å². The first-order valence-electron chi connectivity index (χ1n) is 7.70. The zero-order valence-corrected chi connectivity index (χ0v) is 14.6. The van der Waals surface area contributed by atoms with Crippen LogP contribution in [0.2, 0.25) is 5.02 Å². The molecular weight excluding hydrogens is 334 g/mol. The fraction of sp³-hybridized carbons (Fsp3) is 0.500. The number of hydrogen-bond acceptors (Lipinski definition) is 5. The van der Waals surface area contributed by atoms with Crippen molar-refractivity contribution in [2.45, 2.75) is 6.42 Å². The van der Waals surface area contributed by atoms with Gasteiger partial charge >= 0.3 is 0 Å². The zero-order valence-electron chi connectivity index (χ0n) is 13.9. The van der Waals surface area contributed by atoms with Crippen LogP contribution in [0.4, 0.5) is 5.69 Å². The monoisotopic (exact) mass is 355 g/mol. The van der Waals surface area contributed by atoms with E-state index in [2.05, 4.69) is 10.2 Å². The van der Waals surface area contributed by atoms with Gasteiger partial charge in [-0.15, -0.1) is 0 Å². The molecule has 2 rings (SSSR count). The van der Waals surface area contributed by atoms with E-state index < -0.39 is 0 Å². The number of piperazine rings is 1. The Kier molecular flexibility index (Phi) is 6.69. The van der Waals surface area contributed by atoms with Gasteiger partial charge in [0, 0.05) is 51.3 Å². The first-order chi connectivity index (χ1) is 11.6. The number of carbonyl (C=O) groups is 2. The van der Waals surface area contributed by atoms with E-state index in [-0.39, 0.29) is 5.91 Å². The number of carbonyl (C=O) groups excluding carboxylic acids is 2. The van der Waals surface area contributed by atoms with E-state index in [1.165, 1.54) is 14.2 Å². The highest BCUT2D eigenvalue weighted by molar-refractivity contribution is 6.32. The van der Waals surface area contributed by atoms with Gasteiger partial charge in [0.05, 0.1) is 24.9 Å². The fourth-order valence-corrected chi connectivity index (χ4v) is 2.75. The van der Waals surface area contributed by atoms with Gasteiger partial charge in [-0.05, 0) is 0 Å². The maximum absolute atomic E-state index is 12.2. The average molecular weight is 356 g/mol. The van der Waals surface area contributed by atoms with Crippen molar-refractivity contribution >= 4 is 29.6 Å². The minimum Gasteiger partial charge on any atom is -0.495 e. The van der Waals surface area contributed by atoms with Crippen LogP contribution in [-0.4, -0.2) is 69.1 Å². The first kappa shape index (κ1) is 18.4. The molecule has 1 aliphatic heterocycles. The third-order valence-corrected chi connectivity index (χ3v) is 4.25. The number of ether oxygens (including phenoxy) is 2. The van der Waals surface area contributed by atoms with Crippen molar-refractivity contribution in [1.82, 2.24) is 9.80 Å². The molecule has 1 aromatic rings. The van der Waals surface area contributed by atoms with Gasteiger partial charge in [0.25, 0.3) is 0 Å². The Morgan fingerprint density at radius 3 is 2.46 bits per heavy atom. The van der Waals surface area contributed by atoms with Crippen LogP contribution in [0, 0.1) is 0 Å². The second kappa shape index (κ2) is 8.75. The van der Waals surface area contributed by atoms with Crippen molar-refractivity contribution in [1.29, 1.82) is 0 Å². The van der Waals surface area contributed by atoms with Crippen LogP contribution in [0.5, 0.6) is 11.5 Å². The molecule has 1 fully saturated rings. The molecular formula is C16H22ClN3O4. The summed E-state index contributed by atoms with van der Waals surface area (Å²) in [5, 5.41) is 3.24. The molecule has 1 aliphatic rings. The van der Waals surface area contributed by atoms with E-state index in [0.29, 0.717) is 48.3 Å². The molecule has 0 atom stereocenters. The summed E-state index contributed by atoms with van der Waals surface area (Å²) in [6.07, 6.45) is 1.22. The molecule has 24 heavy (non-hydrogen) atoms. The van der Waals surface area contributed by atoms with E-state index in [0.717, 1.165) is 19.5 Å². The lowest BCUT2D eigenvalue weighted by Gasteiger charge is -2.32. The van der Waals surface area contributed by atoms with E-state index in [1.807, 2.05) is 0 Å². The van der Waals surface area contributed by atoms with E-state index in [1.54, 1.807) is 17.0 Å². The summed E-state index contributed by atoms with van der Waals surface area (Å²) in [4.78, 5) is 26.8. The molecule has 1 saturated heterocycles. The largest absolute Gasteiger partial charge is 0.495 e. The lowest BCUT2D eigenvalue weighted by atomic mass is 10.2. The zero-order chi connectivity index (χ0) is 17.5. The highest BCUT2D eigenvalue weighted by Gasteiger charge is 2.17. The topological polar surface area (TPSA) is 71.1 Å². The number of halogens is 1. The molecule has 0 bridgehead atoms. The quantitative estimate of drug-likeness (QED) is 0.750. The summed E-state index contributed by atoms with van der Waals surface area (Å²) in [5.41, 5.74) is 0.523. The SMILES string of the molecule is COc1cc(NC(=O)CCN2CCN(C=O)CC2)c(OC)cc1Cl. The number of benzene rings is 1. The molecule has 0 unspecified atom stereocenters. The molecule has 0 radical (unpaired) electrons. The smallest absolute Gasteiger partial charge is 0.225 e. The predicted molar refractivity (Wildman–Crippen MR) is 91.9 cm³/mol. The fourth-order valence-electron chi connectivity index (χ4n) is 2.52. The van der Waals surface area contributed by atoms with Crippen LogP contribution in [0.3, 0.4) is 0 Å². The van der Waals surface area contributed by atoms with Gasteiger partial charge in [0.2, 0.25) is 12.3 Å². The third-order valence-electron chi connectivity index (χ3n) is 3.96. The predicted octanol–water partition coefficient (Wildman–Crippen LogP) is 1.46. The lowest BCUT2D eigenvalue weighted by Crippen LogP contribution is -2.46. The Morgan fingerprint density at radius 1 is 1.21 bits per heavy atom. The average Bonchev–Trinajstić information content (AvgIpc) is 2.61. The molecule has 2 amide bonds. The summed E-state index contributed by atoms with van der Waals surface area (Å²) in [6.45, 7) is 3.61. The van der Waals surface area contributed by atoms with E-state index >= 15 is 0 Å². The van der Waals surface area contributed by atoms with Gasteiger partial charge in [0.15, 0.2) is 0 Å². The van der Waals surface area contributed by atoms with Crippen molar-refractivity contribution in [2.75, 3.05) is 52.3 Å². The molecule has 0 spiro atoms. The van der Waals surface area contributed by atoms with Crippen molar-refractivity contribution in [3.05, 3.63) is 17.2 Å². The molecule has 0 aliphatic carbocycles. The minimum atomic E-state index is -0.115. The van der Waals surface area contributed by atoms with Gasteiger partial charge in [-0.25, -0.2) is 0 Å². The Morgan fingerprint density at radius 2 is 1.88 bits per heavy atom. The van der Waals surface area contributed by atoms with Gasteiger partial charge in [-0.3, -0.25) is 14.5 Å². The highest BCUT2D eigenvalue weighted by atomic mass is 35.5. The Hall–Kier alpha value is -1.99. The number of methoxy groups -OCH3 is 2. The first-order valence-corrected chi connectivity index (χ1v) is 8.08. The number of hydrogen-bond donors (Lipinski definition) is 1. The van der Waals surface area contributed by atoms with Crippen LogP contribution < -0.4 is 14.8 Å². The normalized spacial score (nSPS) is 15.0. The summed E-state index contributed by atoms with van der Waals surface area (Å²) in [5.74, 6) is 0.835. The number of nitrogens with zero attached hydrogens (tertiary/aromatic N) is 2. The summed E-state index contributed by atoms with van der Waals surface area (Å²) in [7, 11) is 3.03. The molecule has 8 heteroatoms. The molecule has 1 N–H and O–H groups in total. The standard InChI is InChI=1S/C16H22ClN3O4/c1-23-14-10-13(15(24-2)9-12(14)17)18-16(22)3-4-19-5-7-20(11-21)8-6-19/h9-11H,3-8H2,1-2H3,(H,18,22). The van der Waals surface area contributed by atoms with Crippen molar-refractivity contribution < 1.29 is 19.1 Å². The summed E-state index contributed by atoms with van der Waals surface area (Å²) < 4.78 is 10.4. The number of anilines is 1. The maximum atomic E-state index is 12.2. The summed E-state index contributed by atoms with van der Waals surface area (Å²) >= 11 is 6.05. The van der Waals surface area contributed by atoms with Crippen LogP contribution in [0.15, 0.2) is 12.1 Å². The molecule has 0 saturated carbocycles. The highest BCUT2D eigenvalue weighted by Crippen LogP contribution is 2.35. The van der Waals surface area contributed by atoms with Gasteiger partial charge < -0.3 is 19.7 Å². The maximum Gasteiger partial charge on any atom is 0.225 e. The Bertz CT molecular complexity index is 589. The van der Waals surface area contributed by atoms with Crippen molar-refractivity contribution in [2.24, 2.45) is 0 Å². The van der Waals surface area contributed by atoms with Crippen LogP contribution in [0.25, 0.3) is 0 Å². The van der Waals surface area contributed by atoms with Gasteiger partial charge in [-0.1, -0.05) is 11.6 Å². The van der Waals surface area contributed by atoms with Gasteiger partial charge in [0.1, 0.15) is 11.5 Å². The lowest BCUT2D eigenvalue weighted by molar-refractivity contribution is -0.120. The van der Waals surface area contributed by atoms with Gasteiger partial charge in [-0.2, -0.15) is 0 Å². The molecule has 1 heterocycles. The van der Waals surface area contributed by atoms with Crippen LogP contribution >= 0.6 is 11.6 Å². The number of amides is 2. The molecule has 7 nitrogen and oxygen atoms in total. The van der Waals surface area contributed by atoms with Crippen molar-refractivity contribution in [3.63, 3.8) is 0 Å². The molecule has 0 aromatic heterocycles. The molecule has 132 valence electrons. The third kappa shape index (κ3) is 4.75. The van der Waals surface area contributed by atoms with E-state index in [9.17, 15) is 9.59 Å². The van der Waals surface area contributed by atoms with E-state index in [4.69, 9.17) is 21.1 Å². The number of nitrogens with one attached hydrogen (secondary N) is 1. The Balaban J connectivity index is 1.89. The second-order valence-corrected chi connectivity index (χ2v) is 5.88. The number of rotatable bonds is 7. The Labute approximate surface area is 146 Å². The van der Waals surface area contributed by atoms with Crippen LogP contribution in [-0.2, 0) is 9.59 Å².